The van der Waals surface area contributed by atoms with Gasteiger partial charge in [0.05, 0.1) is 11.4 Å². The van der Waals surface area contributed by atoms with Crippen LogP contribution in [0.1, 0.15) is 17.0 Å². The number of nitrogens with zero attached hydrogens (tertiary/aromatic N) is 6. The Morgan fingerprint density at radius 2 is 1.86 bits per heavy atom. The molecule has 0 atom stereocenters. The fourth-order valence-corrected chi connectivity index (χ4v) is 3.68. The van der Waals surface area contributed by atoms with Crippen molar-refractivity contribution in [2.75, 3.05) is 11.1 Å². The molecule has 0 bridgehead atoms. The first-order valence-electron chi connectivity index (χ1n) is 9.01. The van der Waals surface area contributed by atoms with Crippen molar-refractivity contribution in [3.8, 4) is 5.69 Å². The van der Waals surface area contributed by atoms with E-state index < -0.39 is 0 Å². The molecule has 0 unspecified atom stereocenters. The van der Waals surface area contributed by atoms with E-state index in [9.17, 15) is 0 Å². The molecule has 0 saturated carbocycles. The minimum absolute atomic E-state index is 0.171. The highest BCUT2D eigenvalue weighted by atomic mass is 32.2. The van der Waals surface area contributed by atoms with Crippen LogP contribution in [0.4, 0.5) is 17.6 Å². The maximum Gasteiger partial charge on any atom is 0.232 e. The second-order valence-electron chi connectivity index (χ2n) is 6.49. The molecule has 9 heteroatoms. The first-order valence-corrected chi connectivity index (χ1v) is 10.00. The van der Waals surface area contributed by atoms with Crippen molar-refractivity contribution in [2.45, 2.75) is 24.8 Å². The number of hydrogen-bond acceptors (Lipinski definition) is 8. The molecule has 0 saturated heterocycles. The summed E-state index contributed by atoms with van der Waals surface area (Å²) in [5, 5.41) is 12.2. The number of para-hydroxylation sites is 1. The number of thioether (sulfide) groups is 1. The summed E-state index contributed by atoms with van der Waals surface area (Å²) in [6.07, 6.45) is 1.71. The highest BCUT2D eigenvalue weighted by Crippen LogP contribution is 2.25. The lowest BCUT2D eigenvalue weighted by molar-refractivity contribution is 0.874. The van der Waals surface area contributed by atoms with Crippen LogP contribution in [-0.2, 0) is 5.75 Å². The Kier molecular flexibility index (Phi) is 5.39. The van der Waals surface area contributed by atoms with Crippen molar-refractivity contribution in [1.29, 1.82) is 0 Å². The molecule has 0 aliphatic carbocycles. The van der Waals surface area contributed by atoms with Crippen molar-refractivity contribution in [2.24, 2.45) is 0 Å². The number of nitrogens with one attached hydrogen (secondary N) is 1. The average Bonchev–Trinajstić information content (AvgIpc) is 3.15. The van der Waals surface area contributed by atoms with Crippen LogP contribution in [0.5, 0.6) is 0 Å². The summed E-state index contributed by atoms with van der Waals surface area (Å²) in [6.45, 7) is 4.15. The first kappa shape index (κ1) is 18.9. The Hall–Kier alpha value is -3.46. The van der Waals surface area contributed by atoms with Crippen molar-refractivity contribution in [3.05, 3.63) is 71.8 Å². The van der Waals surface area contributed by atoms with Crippen LogP contribution >= 0.6 is 11.8 Å². The van der Waals surface area contributed by atoms with E-state index in [-0.39, 0.29) is 5.95 Å². The van der Waals surface area contributed by atoms with Gasteiger partial charge >= 0.3 is 0 Å². The quantitative estimate of drug-likeness (QED) is 0.469. The molecule has 2 heterocycles. The number of aromatic nitrogens is 6. The third-order valence-corrected chi connectivity index (χ3v) is 5.13. The molecule has 0 amide bonds. The highest BCUT2D eigenvalue weighted by Gasteiger charge is 2.12. The van der Waals surface area contributed by atoms with Gasteiger partial charge < -0.3 is 11.1 Å². The van der Waals surface area contributed by atoms with Crippen LogP contribution in [0.3, 0.4) is 0 Å². The summed E-state index contributed by atoms with van der Waals surface area (Å²) < 4.78 is 1.97. The number of aryl methyl sites for hydroxylation is 2. The van der Waals surface area contributed by atoms with Gasteiger partial charge in [-0.1, -0.05) is 47.7 Å². The van der Waals surface area contributed by atoms with Crippen LogP contribution in [0.25, 0.3) is 5.69 Å². The molecule has 3 N–H and O–H groups in total. The van der Waals surface area contributed by atoms with Gasteiger partial charge in [0.25, 0.3) is 0 Å². The third-order valence-electron chi connectivity index (χ3n) is 4.19. The molecule has 4 rings (SSSR count). The zero-order chi connectivity index (χ0) is 20.2. The van der Waals surface area contributed by atoms with E-state index >= 15 is 0 Å². The highest BCUT2D eigenvalue weighted by molar-refractivity contribution is 7.98. The van der Waals surface area contributed by atoms with Gasteiger partial charge in [-0.25, -0.2) is 0 Å². The maximum atomic E-state index is 5.87. The molecule has 8 nitrogen and oxygen atoms in total. The van der Waals surface area contributed by atoms with Crippen molar-refractivity contribution >= 4 is 29.3 Å². The number of hydrogen-bond donors (Lipinski definition) is 2. The molecule has 0 radical (unpaired) electrons. The van der Waals surface area contributed by atoms with Crippen LogP contribution in [0.2, 0.25) is 0 Å². The fourth-order valence-electron chi connectivity index (χ4n) is 2.90. The fraction of sp³-hybridized carbons (Fsp3) is 0.150. The van der Waals surface area contributed by atoms with E-state index in [2.05, 4.69) is 62.5 Å². The van der Waals surface area contributed by atoms with E-state index in [1.807, 2.05) is 34.9 Å². The molecule has 146 valence electrons. The van der Waals surface area contributed by atoms with Gasteiger partial charge in [0.15, 0.2) is 5.16 Å². The van der Waals surface area contributed by atoms with Gasteiger partial charge in [0.2, 0.25) is 11.9 Å². The van der Waals surface area contributed by atoms with Gasteiger partial charge in [-0.3, -0.25) is 4.57 Å². The number of benzene rings is 2. The lowest BCUT2D eigenvalue weighted by Crippen LogP contribution is -2.07. The molecule has 0 aliphatic rings. The van der Waals surface area contributed by atoms with E-state index in [4.69, 9.17) is 5.73 Å². The van der Waals surface area contributed by atoms with Gasteiger partial charge in [-0.05, 0) is 37.6 Å². The van der Waals surface area contributed by atoms with E-state index in [0.29, 0.717) is 17.5 Å². The maximum absolute atomic E-state index is 5.87. The molecule has 0 spiro atoms. The topological polar surface area (TPSA) is 107 Å². The minimum atomic E-state index is 0.171. The molecule has 2 aromatic carbocycles. The van der Waals surface area contributed by atoms with E-state index in [1.165, 1.54) is 17.3 Å². The summed E-state index contributed by atoms with van der Waals surface area (Å²) in [4.78, 5) is 12.9. The lowest BCUT2D eigenvalue weighted by atomic mass is 10.1. The minimum Gasteiger partial charge on any atom is -0.368 e. The van der Waals surface area contributed by atoms with Gasteiger partial charge in [-0.2, -0.15) is 15.0 Å². The lowest BCUT2D eigenvalue weighted by Gasteiger charge is -2.10. The number of rotatable bonds is 6. The first-order chi connectivity index (χ1) is 14.1. The molecular formula is C20H20N8S. The Morgan fingerprint density at radius 3 is 2.66 bits per heavy atom. The largest absolute Gasteiger partial charge is 0.368 e. The monoisotopic (exact) mass is 404 g/mol. The Morgan fingerprint density at radius 1 is 1.03 bits per heavy atom. The average molecular weight is 405 g/mol. The van der Waals surface area contributed by atoms with Gasteiger partial charge in [0, 0.05) is 5.69 Å². The molecule has 0 fully saturated rings. The molecule has 29 heavy (non-hydrogen) atoms. The smallest absolute Gasteiger partial charge is 0.232 e. The molecule has 0 aliphatic heterocycles. The van der Waals surface area contributed by atoms with Crippen LogP contribution in [-0.4, -0.2) is 29.7 Å². The van der Waals surface area contributed by atoms with Crippen LogP contribution in [0.15, 0.2) is 60.0 Å². The van der Waals surface area contributed by atoms with Crippen LogP contribution < -0.4 is 11.1 Å². The van der Waals surface area contributed by atoms with Gasteiger partial charge in [-0.15, -0.1) is 10.2 Å². The zero-order valence-electron chi connectivity index (χ0n) is 16.1. The van der Waals surface area contributed by atoms with E-state index in [1.54, 1.807) is 6.33 Å². The number of nitrogens with two attached hydrogens (primary N) is 1. The van der Waals surface area contributed by atoms with Crippen molar-refractivity contribution in [3.63, 3.8) is 0 Å². The second-order valence-corrected chi connectivity index (χ2v) is 7.43. The summed E-state index contributed by atoms with van der Waals surface area (Å²) >= 11 is 1.49. The molecule has 4 aromatic rings. The second kappa shape index (κ2) is 8.27. The molecular weight excluding hydrogens is 384 g/mol. The Bertz CT molecular complexity index is 1130. The predicted octanol–water partition coefficient (Wildman–Crippen LogP) is 3.69. The van der Waals surface area contributed by atoms with E-state index in [0.717, 1.165) is 22.1 Å². The van der Waals surface area contributed by atoms with Gasteiger partial charge in [0.1, 0.15) is 12.2 Å². The standard InChI is InChI=1S/C20H20N8S/c1-13-8-9-16(14(2)10-13)28-12-22-27-20(28)29-11-17-24-18(21)26-19(25-17)23-15-6-4-3-5-7-15/h3-10,12H,11H2,1-2H3,(H3,21,23,24,25,26). The number of nitrogen functional groups attached to an aromatic ring is 1. The summed E-state index contributed by atoms with van der Waals surface area (Å²) in [6, 6.07) is 16.0. The number of anilines is 3. The Labute approximate surface area is 172 Å². The normalized spacial score (nSPS) is 10.8. The molecule has 2 aromatic heterocycles. The summed E-state index contributed by atoms with van der Waals surface area (Å²) in [5.41, 5.74) is 10.2. The summed E-state index contributed by atoms with van der Waals surface area (Å²) in [7, 11) is 0. The van der Waals surface area contributed by atoms with Crippen molar-refractivity contribution in [1.82, 2.24) is 29.7 Å². The SMILES string of the molecule is Cc1ccc(-n2cnnc2SCc2nc(N)nc(Nc3ccccc3)n2)c(C)c1. The zero-order valence-corrected chi connectivity index (χ0v) is 16.9. The Balaban J connectivity index is 1.52. The van der Waals surface area contributed by atoms with Crippen LogP contribution in [0, 0.1) is 13.8 Å². The summed E-state index contributed by atoms with van der Waals surface area (Å²) in [5.74, 6) is 1.64. The predicted molar refractivity (Wildman–Crippen MR) is 114 cm³/mol. The van der Waals surface area contributed by atoms with Crippen molar-refractivity contribution < 1.29 is 0 Å². The third kappa shape index (κ3) is 4.52.